The van der Waals surface area contributed by atoms with Crippen molar-refractivity contribution in [3.63, 3.8) is 0 Å². The first-order chi connectivity index (χ1) is 11.6. The smallest absolute Gasteiger partial charge is 0.309 e. The standard InChI is InChI=1S/C19H19NO4/c1-24-15-9-5-8-14(10-15)18-16(19(22)23)11-17(21)20(18)12-13-6-3-2-4-7-13/h2-10,16,18H,11-12H2,1H3,(H,22,23). The van der Waals surface area contributed by atoms with Crippen LogP contribution in [0.4, 0.5) is 0 Å². The third kappa shape index (κ3) is 3.11. The van der Waals surface area contributed by atoms with Gasteiger partial charge in [0.1, 0.15) is 5.75 Å². The number of carbonyl (C=O) groups excluding carboxylic acids is 1. The Morgan fingerprint density at radius 1 is 1.21 bits per heavy atom. The number of benzene rings is 2. The van der Waals surface area contributed by atoms with Gasteiger partial charge in [-0.2, -0.15) is 0 Å². The monoisotopic (exact) mass is 325 g/mol. The van der Waals surface area contributed by atoms with Crippen LogP contribution in [0.5, 0.6) is 5.75 Å². The molecule has 0 aliphatic carbocycles. The molecular weight excluding hydrogens is 306 g/mol. The Kier molecular flexibility index (Phi) is 4.51. The summed E-state index contributed by atoms with van der Waals surface area (Å²) < 4.78 is 5.24. The van der Waals surface area contributed by atoms with Crippen LogP contribution in [-0.2, 0) is 16.1 Å². The van der Waals surface area contributed by atoms with Crippen LogP contribution < -0.4 is 4.74 Å². The summed E-state index contributed by atoms with van der Waals surface area (Å²) in [4.78, 5) is 25.8. The maximum absolute atomic E-state index is 12.5. The second-order valence-corrected chi connectivity index (χ2v) is 5.88. The predicted molar refractivity (Wildman–Crippen MR) is 88.5 cm³/mol. The summed E-state index contributed by atoms with van der Waals surface area (Å²) >= 11 is 0. The molecule has 24 heavy (non-hydrogen) atoms. The summed E-state index contributed by atoms with van der Waals surface area (Å²) in [5.74, 6) is -1.20. The highest BCUT2D eigenvalue weighted by Gasteiger charge is 2.44. The number of rotatable bonds is 5. The molecule has 1 aliphatic heterocycles. The molecule has 5 heteroatoms. The van der Waals surface area contributed by atoms with Crippen molar-refractivity contribution in [2.75, 3.05) is 7.11 Å². The van der Waals surface area contributed by atoms with Gasteiger partial charge in [-0.25, -0.2) is 0 Å². The molecule has 0 saturated carbocycles. The molecule has 2 unspecified atom stereocenters. The fourth-order valence-corrected chi connectivity index (χ4v) is 3.22. The highest BCUT2D eigenvalue weighted by Crippen LogP contribution is 2.40. The van der Waals surface area contributed by atoms with Crippen LogP contribution in [0.1, 0.15) is 23.6 Å². The summed E-state index contributed by atoms with van der Waals surface area (Å²) in [6.45, 7) is 0.394. The molecule has 3 rings (SSSR count). The SMILES string of the molecule is COc1cccc(C2C(C(=O)O)CC(=O)N2Cc2ccccc2)c1. The van der Waals surface area contributed by atoms with E-state index in [1.165, 1.54) is 0 Å². The lowest BCUT2D eigenvalue weighted by molar-refractivity contribution is -0.142. The zero-order valence-corrected chi connectivity index (χ0v) is 13.4. The lowest BCUT2D eigenvalue weighted by Gasteiger charge is -2.27. The molecule has 0 bridgehead atoms. The van der Waals surface area contributed by atoms with E-state index >= 15 is 0 Å². The van der Waals surface area contributed by atoms with E-state index in [4.69, 9.17) is 4.74 Å². The van der Waals surface area contributed by atoms with Crippen LogP contribution in [0, 0.1) is 5.92 Å². The topological polar surface area (TPSA) is 66.8 Å². The fraction of sp³-hybridized carbons (Fsp3) is 0.263. The van der Waals surface area contributed by atoms with E-state index < -0.39 is 17.9 Å². The van der Waals surface area contributed by atoms with Crippen LogP contribution in [0.3, 0.4) is 0 Å². The van der Waals surface area contributed by atoms with Crippen molar-refractivity contribution in [2.45, 2.75) is 19.0 Å². The molecule has 0 spiro atoms. The zero-order valence-electron chi connectivity index (χ0n) is 13.4. The number of nitrogens with zero attached hydrogens (tertiary/aromatic N) is 1. The molecule has 0 radical (unpaired) electrons. The van der Waals surface area contributed by atoms with Crippen molar-refractivity contribution >= 4 is 11.9 Å². The second kappa shape index (κ2) is 6.74. The maximum atomic E-state index is 12.5. The molecular formula is C19H19NO4. The van der Waals surface area contributed by atoms with E-state index in [2.05, 4.69) is 0 Å². The average molecular weight is 325 g/mol. The fourth-order valence-electron chi connectivity index (χ4n) is 3.22. The maximum Gasteiger partial charge on any atom is 0.309 e. The third-order valence-corrected chi connectivity index (χ3v) is 4.38. The van der Waals surface area contributed by atoms with Gasteiger partial charge >= 0.3 is 5.97 Å². The van der Waals surface area contributed by atoms with Gasteiger partial charge in [0.15, 0.2) is 0 Å². The van der Waals surface area contributed by atoms with E-state index in [-0.39, 0.29) is 12.3 Å². The first-order valence-electron chi connectivity index (χ1n) is 7.80. The summed E-state index contributed by atoms with van der Waals surface area (Å²) in [5.41, 5.74) is 1.76. The van der Waals surface area contributed by atoms with Crippen molar-refractivity contribution in [3.05, 3.63) is 65.7 Å². The number of carboxylic acid groups (broad SMARTS) is 1. The normalized spacial score (nSPS) is 20.2. The quantitative estimate of drug-likeness (QED) is 0.918. The Labute approximate surface area is 140 Å². The van der Waals surface area contributed by atoms with Gasteiger partial charge in [0.25, 0.3) is 0 Å². The van der Waals surface area contributed by atoms with Crippen molar-refractivity contribution in [2.24, 2.45) is 5.92 Å². The van der Waals surface area contributed by atoms with Crippen molar-refractivity contribution in [1.29, 1.82) is 0 Å². The molecule has 1 heterocycles. The lowest BCUT2D eigenvalue weighted by Crippen LogP contribution is -2.30. The number of hydrogen-bond acceptors (Lipinski definition) is 3. The average Bonchev–Trinajstić information content (AvgIpc) is 2.93. The van der Waals surface area contributed by atoms with Gasteiger partial charge in [-0.1, -0.05) is 42.5 Å². The van der Waals surface area contributed by atoms with E-state index in [9.17, 15) is 14.7 Å². The largest absolute Gasteiger partial charge is 0.497 e. The first kappa shape index (κ1) is 16.1. The molecule has 2 atom stereocenters. The van der Waals surface area contributed by atoms with Gasteiger partial charge in [-0.05, 0) is 23.3 Å². The molecule has 1 N–H and O–H groups in total. The number of methoxy groups -OCH3 is 1. The molecule has 1 aliphatic rings. The van der Waals surface area contributed by atoms with Crippen molar-refractivity contribution < 1.29 is 19.4 Å². The molecule has 124 valence electrons. The number of likely N-dealkylation sites (tertiary alicyclic amines) is 1. The van der Waals surface area contributed by atoms with Gasteiger partial charge in [-0.15, -0.1) is 0 Å². The van der Waals surface area contributed by atoms with Crippen LogP contribution >= 0.6 is 0 Å². The van der Waals surface area contributed by atoms with Gasteiger partial charge in [0.2, 0.25) is 5.91 Å². The summed E-state index contributed by atoms with van der Waals surface area (Å²) in [7, 11) is 1.56. The first-order valence-corrected chi connectivity index (χ1v) is 7.80. The van der Waals surface area contributed by atoms with Gasteiger partial charge in [0.05, 0.1) is 19.1 Å². The Bertz CT molecular complexity index is 744. The number of amides is 1. The molecule has 2 aromatic rings. The second-order valence-electron chi connectivity index (χ2n) is 5.88. The lowest BCUT2D eigenvalue weighted by atomic mass is 9.93. The van der Waals surface area contributed by atoms with Gasteiger partial charge < -0.3 is 14.7 Å². The summed E-state index contributed by atoms with van der Waals surface area (Å²) in [5, 5.41) is 9.56. The van der Waals surface area contributed by atoms with E-state index in [0.29, 0.717) is 12.3 Å². The molecule has 5 nitrogen and oxygen atoms in total. The number of hydrogen-bond donors (Lipinski definition) is 1. The van der Waals surface area contributed by atoms with Crippen LogP contribution in [0.2, 0.25) is 0 Å². The molecule has 0 aromatic heterocycles. The molecule has 1 saturated heterocycles. The highest BCUT2D eigenvalue weighted by molar-refractivity contribution is 5.87. The van der Waals surface area contributed by atoms with Crippen LogP contribution in [0.25, 0.3) is 0 Å². The highest BCUT2D eigenvalue weighted by atomic mass is 16.5. The minimum atomic E-state index is -0.952. The third-order valence-electron chi connectivity index (χ3n) is 4.38. The molecule has 1 amide bonds. The minimum absolute atomic E-state index is 0.0179. The van der Waals surface area contributed by atoms with E-state index in [1.807, 2.05) is 42.5 Å². The molecule has 2 aromatic carbocycles. The van der Waals surface area contributed by atoms with Crippen molar-refractivity contribution in [3.8, 4) is 5.75 Å². The minimum Gasteiger partial charge on any atom is -0.497 e. The van der Waals surface area contributed by atoms with Gasteiger partial charge in [-0.3, -0.25) is 9.59 Å². The van der Waals surface area contributed by atoms with Crippen molar-refractivity contribution in [1.82, 2.24) is 4.90 Å². The summed E-state index contributed by atoms with van der Waals surface area (Å²) in [6, 6.07) is 16.4. The van der Waals surface area contributed by atoms with Crippen LogP contribution in [0.15, 0.2) is 54.6 Å². The Balaban J connectivity index is 1.98. The number of aliphatic carboxylic acids is 1. The molecule has 1 fully saturated rings. The van der Waals surface area contributed by atoms with Crippen LogP contribution in [-0.4, -0.2) is 29.0 Å². The Morgan fingerprint density at radius 3 is 2.62 bits per heavy atom. The van der Waals surface area contributed by atoms with E-state index in [1.54, 1.807) is 24.1 Å². The summed E-state index contributed by atoms with van der Waals surface area (Å²) in [6.07, 6.45) is 0.0179. The predicted octanol–water partition coefficient (Wildman–Crippen LogP) is 2.87. The Hall–Kier alpha value is -2.82. The number of ether oxygens (including phenoxy) is 1. The zero-order chi connectivity index (χ0) is 17.1. The Morgan fingerprint density at radius 2 is 1.96 bits per heavy atom. The number of carboxylic acids is 1. The van der Waals surface area contributed by atoms with E-state index in [0.717, 1.165) is 11.1 Å². The van der Waals surface area contributed by atoms with Gasteiger partial charge in [0, 0.05) is 13.0 Å². The number of carbonyl (C=O) groups is 2.